The smallest absolute Gasteiger partial charge is 0.00510 e. The molecule has 2 rings (SSSR count). The molecule has 0 aliphatic carbocycles. The zero-order valence-electron chi connectivity index (χ0n) is 10.7. The van der Waals surface area contributed by atoms with E-state index in [0.29, 0.717) is 5.41 Å². The third-order valence-corrected chi connectivity index (χ3v) is 3.24. The fourth-order valence-electron chi connectivity index (χ4n) is 2.64. The highest BCUT2D eigenvalue weighted by molar-refractivity contribution is 5.21. The summed E-state index contributed by atoms with van der Waals surface area (Å²) in [4.78, 5) is 2.61. The van der Waals surface area contributed by atoms with Crippen LogP contribution in [0, 0.1) is 5.41 Å². The van der Waals surface area contributed by atoms with Crippen molar-refractivity contribution in [3.05, 3.63) is 35.9 Å². The topological polar surface area (TPSA) is 3.24 Å². The van der Waals surface area contributed by atoms with E-state index >= 15 is 0 Å². The zero-order chi connectivity index (χ0) is 11.6. The van der Waals surface area contributed by atoms with Gasteiger partial charge >= 0.3 is 0 Å². The number of nitrogens with zero attached hydrogens (tertiary/aromatic N) is 1. The van der Waals surface area contributed by atoms with Crippen molar-refractivity contribution in [1.29, 1.82) is 0 Å². The van der Waals surface area contributed by atoms with E-state index < -0.39 is 0 Å². The molecule has 1 atom stereocenters. The van der Waals surface area contributed by atoms with Gasteiger partial charge in [0.2, 0.25) is 0 Å². The normalized spacial score (nSPS) is 22.6. The molecule has 0 bridgehead atoms. The number of likely N-dealkylation sites (tertiary alicyclic amines) is 1. The van der Waals surface area contributed by atoms with Crippen LogP contribution >= 0.6 is 0 Å². The lowest BCUT2D eigenvalue weighted by Crippen LogP contribution is -2.30. The number of hydrogen-bond acceptors (Lipinski definition) is 1. The highest BCUT2D eigenvalue weighted by Gasteiger charge is 2.26. The molecule has 1 aliphatic heterocycles. The third kappa shape index (κ3) is 3.08. The third-order valence-electron chi connectivity index (χ3n) is 3.24. The molecular formula is C15H23N. The molecule has 1 saturated heterocycles. The summed E-state index contributed by atoms with van der Waals surface area (Å²) in [6.07, 6.45) is 1.32. The molecular weight excluding hydrogens is 194 g/mol. The molecule has 16 heavy (non-hydrogen) atoms. The van der Waals surface area contributed by atoms with Crippen molar-refractivity contribution in [2.24, 2.45) is 5.41 Å². The first-order valence-corrected chi connectivity index (χ1v) is 6.32. The lowest BCUT2D eigenvalue weighted by atomic mass is 9.96. The second kappa shape index (κ2) is 4.58. The molecule has 1 aromatic carbocycles. The van der Waals surface area contributed by atoms with E-state index in [1.54, 1.807) is 0 Å². The molecule has 0 spiro atoms. The van der Waals surface area contributed by atoms with Crippen LogP contribution in [0.25, 0.3) is 0 Å². The summed E-state index contributed by atoms with van der Waals surface area (Å²) in [5.41, 5.74) is 1.94. The quantitative estimate of drug-likeness (QED) is 0.732. The van der Waals surface area contributed by atoms with Crippen molar-refractivity contribution in [3.63, 3.8) is 0 Å². The average molecular weight is 217 g/mol. The highest BCUT2D eigenvalue weighted by Crippen LogP contribution is 2.29. The minimum Gasteiger partial charge on any atom is -0.302 e. The van der Waals surface area contributed by atoms with Gasteiger partial charge in [0.1, 0.15) is 0 Å². The molecule has 0 N–H and O–H groups in total. The SMILES string of the molecule is CC(C)(C)CN1CCC(c2ccccc2)C1. The van der Waals surface area contributed by atoms with Gasteiger partial charge in [-0.05, 0) is 29.9 Å². The first-order chi connectivity index (χ1) is 7.54. The Morgan fingerprint density at radius 1 is 1.19 bits per heavy atom. The van der Waals surface area contributed by atoms with E-state index in [-0.39, 0.29) is 0 Å². The summed E-state index contributed by atoms with van der Waals surface area (Å²) in [6, 6.07) is 10.9. The first-order valence-electron chi connectivity index (χ1n) is 6.32. The van der Waals surface area contributed by atoms with Crippen LogP contribution in [-0.4, -0.2) is 24.5 Å². The van der Waals surface area contributed by atoms with Crippen molar-refractivity contribution in [2.45, 2.75) is 33.1 Å². The van der Waals surface area contributed by atoms with Gasteiger partial charge in [0, 0.05) is 13.1 Å². The standard InChI is InChI=1S/C15H23N/c1-15(2,3)12-16-10-9-14(11-16)13-7-5-4-6-8-13/h4-8,14H,9-12H2,1-3H3. The summed E-state index contributed by atoms with van der Waals surface area (Å²) in [6.45, 7) is 10.7. The fraction of sp³-hybridized carbons (Fsp3) is 0.600. The summed E-state index contributed by atoms with van der Waals surface area (Å²) in [7, 11) is 0. The van der Waals surface area contributed by atoms with Gasteiger partial charge in [0.25, 0.3) is 0 Å². The number of hydrogen-bond donors (Lipinski definition) is 0. The molecule has 1 aromatic rings. The van der Waals surface area contributed by atoms with Gasteiger partial charge in [-0.2, -0.15) is 0 Å². The molecule has 1 nitrogen and oxygen atoms in total. The van der Waals surface area contributed by atoms with E-state index in [1.807, 2.05) is 0 Å². The first kappa shape index (κ1) is 11.7. The summed E-state index contributed by atoms with van der Waals surface area (Å²) >= 11 is 0. The maximum Gasteiger partial charge on any atom is 0.00510 e. The zero-order valence-corrected chi connectivity index (χ0v) is 10.7. The molecule has 88 valence electrons. The molecule has 0 amide bonds. The van der Waals surface area contributed by atoms with Crippen molar-refractivity contribution in [2.75, 3.05) is 19.6 Å². The summed E-state index contributed by atoms with van der Waals surface area (Å²) < 4.78 is 0. The van der Waals surface area contributed by atoms with E-state index in [2.05, 4.69) is 56.0 Å². The molecule has 1 unspecified atom stereocenters. The Labute approximate surface area is 99.5 Å². The summed E-state index contributed by atoms with van der Waals surface area (Å²) in [5.74, 6) is 0.753. The predicted molar refractivity (Wildman–Crippen MR) is 69.7 cm³/mol. The van der Waals surface area contributed by atoms with Crippen molar-refractivity contribution in [1.82, 2.24) is 4.90 Å². The maximum atomic E-state index is 2.61. The Kier molecular flexibility index (Phi) is 3.34. The molecule has 1 aliphatic rings. The van der Waals surface area contributed by atoms with Gasteiger partial charge in [0.15, 0.2) is 0 Å². The Balaban J connectivity index is 1.94. The lowest BCUT2D eigenvalue weighted by molar-refractivity contribution is 0.225. The fourth-order valence-corrected chi connectivity index (χ4v) is 2.64. The maximum absolute atomic E-state index is 2.61. The van der Waals surface area contributed by atoms with Gasteiger partial charge in [-0.15, -0.1) is 0 Å². The van der Waals surface area contributed by atoms with Crippen LogP contribution in [0.3, 0.4) is 0 Å². The minimum atomic E-state index is 0.422. The van der Waals surface area contributed by atoms with Crippen LogP contribution < -0.4 is 0 Å². The Morgan fingerprint density at radius 3 is 2.50 bits per heavy atom. The van der Waals surface area contributed by atoms with E-state index in [0.717, 1.165) is 5.92 Å². The molecule has 1 heterocycles. The largest absolute Gasteiger partial charge is 0.302 e. The Bertz CT molecular complexity index is 323. The van der Waals surface area contributed by atoms with E-state index in [4.69, 9.17) is 0 Å². The average Bonchev–Trinajstić information content (AvgIpc) is 2.65. The van der Waals surface area contributed by atoms with Gasteiger partial charge in [-0.1, -0.05) is 51.1 Å². The predicted octanol–water partition coefficient (Wildman–Crippen LogP) is 3.52. The van der Waals surface area contributed by atoms with Crippen LogP contribution in [-0.2, 0) is 0 Å². The van der Waals surface area contributed by atoms with Crippen molar-refractivity contribution < 1.29 is 0 Å². The molecule has 0 saturated carbocycles. The van der Waals surface area contributed by atoms with Crippen LogP contribution in [0.1, 0.15) is 38.7 Å². The number of benzene rings is 1. The highest BCUT2D eigenvalue weighted by atomic mass is 15.1. The Morgan fingerprint density at radius 2 is 1.88 bits per heavy atom. The Hall–Kier alpha value is -0.820. The summed E-state index contributed by atoms with van der Waals surface area (Å²) in [5, 5.41) is 0. The van der Waals surface area contributed by atoms with Crippen molar-refractivity contribution in [3.8, 4) is 0 Å². The lowest BCUT2D eigenvalue weighted by Gasteiger charge is -2.26. The van der Waals surface area contributed by atoms with E-state index in [9.17, 15) is 0 Å². The van der Waals surface area contributed by atoms with Gasteiger partial charge in [-0.3, -0.25) is 0 Å². The molecule has 0 radical (unpaired) electrons. The van der Waals surface area contributed by atoms with Crippen LogP contribution in [0.4, 0.5) is 0 Å². The van der Waals surface area contributed by atoms with Crippen LogP contribution in [0.5, 0.6) is 0 Å². The van der Waals surface area contributed by atoms with Gasteiger partial charge in [0.05, 0.1) is 0 Å². The number of rotatable bonds is 2. The van der Waals surface area contributed by atoms with E-state index in [1.165, 1.54) is 31.6 Å². The molecule has 1 fully saturated rings. The van der Waals surface area contributed by atoms with Gasteiger partial charge in [-0.25, -0.2) is 0 Å². The molecule has 1 heteroatoms. The van der Waals surface area contributed by atoms with Crippen molar-refractivity contribution >= 4 is 0 Å². The second-order valence-electron chi connectivity index (χ2n) is 6.19. The second-order valence-corrected chi connectivity index (χ2v) is 6.19. The monoisotopic (exact) mass is 217 g/mol. The van der Waals surface area contributed by atoms with Gasteiger partial charge < -0.3 is 4.90 Å². The van der Waals surface area contributed by atoms with Crippen LogP contribution in [0.2, 0.25) is 0 Å². The van der Waals surface area contributed by atoms with Crippen LogP contribution in [0.15, 0.2) is 30.3 Å². The minimum absolute atomic E-state index is 0.422. The molecule has 0 aromatic heterocycles.